The monoisotopic (exact) mass is 185 g/mol. The first-order valence-corrected chi connectivity index (χ1v) is 4.31. The van der Waals surface area contributed by atoms with Crippen LogP contribution in [0.1, 0.15) is 32.6 Å². The van der Waals surface area contributed by atoms with Crippen LogP contribution in [-0.2, 0) is 9.59 Å². The van der Waals surface area contributed by atoms with Gasteiger partial charge < -0.3 is 10.8 Å². The van der Waals surface area contributed by atoms with Crippen LogP contribution >= 0.6 is 0 Å². The van der Waals surface area contributed by atoms with Crippen molar-refractivity contribution >= 4 is 11.9 Å². The number of amides is 1. The fourth-order valence-electron chi connectivity index (χ4n) is 0.981. The number of hydrogen-bond acceptors (Lipinski definition) is 2. The molecule has 0 radical (unpaired) electrons. The number of rotatable bonds is 6. The molecule has 0 bridgehead atoms. The molecule has 74 valence electrons. The van der Waals surface area contributed by atoms with Crippen LogP contribution in [0.4, 0.5) is 0 Å². The van der Waals surface area contributed by atoms with E-state index in [1.54, 1.807) is 0 Å². The fourth-order valence-corrected chi connectivity index (χ4v) is 0.981. The lowest BCUT2D eigenvalue weighted by molar-refractivity contribution is -0.131. The Labute approximate surface area is 77.4 Å². The lowest BCUT2D eigenvalue weighted by atomic mass is 10.1. The number of aliphatic carboxylic acids is 1. The second-order valence-electron chi connectivity index (χ2n) is 2.83. The third kappa shape index (κ3) is 5.90. The highest BCUT2D eigenvalue weighted by molar-refractivity contribution is 5.97. The van der Waals surface area contributed by atoms with Crippen LogP contribution in [0.25, 0.3) is 0 Å². The number of carbonyl (C=O) groups excluding carboxylic acids is 1. The third-order valence-corrected chi connectivity index (χ3v) is 1.66. The maximum absolute atomic E-state index is 10.7. The lowest BCUT2D eigenvalue weighted by Gasteiger charge is -2.00. The number of nitrogens with two attached hydrogens (primary N) is 1. The van der Waals surface area contributed by atoms with E-state index in [0.29, 0.717) is 6.42 Å². The van der Waals surface area contributed by atoms with Gasteiger partial charge in [-0.3, -0.25) is 4.79 Å². The molecule has 0 aliphatic rings. The first-order valence-electron chi connectivity index (χ1n) is 4.31. The molecule has 0 heterocycles. The Kier molecular flexibility index (Phi) is 5.59. The van der Waals surface area contributed by atoms with E-state index in [4.69, 9.17) is 10.8 Å². The van der Waals surface area contributed by atoms with Gasteiger partial charge in [0.25, 0.3) is 0 Å². The normalized spacial score (nSPS) is 11.3. The highest BCUT2D eigenvalue weighted by Gasteiger charge is 2.06. The van der Waals surface area contributed by atoms with Crippen LogP contribution in [0.15, 0.2) is 11.6 Å². The van der Waals surface area contributed by atoms with Gasteiger partial charge in [-0.05, 0) is 12.8 Å². The highest BCUT2D eigenvalue weighted by Crippen LogP contribution is 2.08. The Hall–Kier alpha value is -1.32. The molecule has 0 atom stereocenters. The Bertz CT molecular complexity index is 221. The van der Waals surface area contributed by atoms with Crippen molar-refractivity contribution in [1.29, 1.82) is 0 Å². The largest absolute Gasteiger partial charge is 0.478 e. The molecule has 0 rings (SSSR count). The summed E-state index contributed by atoms with van der Waals surface area (Å²) in [7, 11) is 0. The van der Waals surface area contributed by atoms with Crippen LogP contribution in [0.2, 0.25) is 0 Å². The van der Waals surface area contributed by atoms with Gasteiger partial charge in [-0.15, -0.1) is 0 Å². The summed E-state index contributed by atoms with van der Waals surface area (Å²) in [6.07, 6.45) is 4.15. The van der Waals surface area contributed by atoms with Crippen LogP contribution in [0.3, 0.4) is 0 Å². The van der Waals surface area contributed by atoms with Crippen molar-refractivity contribution in [1.82, 2.24) is 0 Å². The average Bonchev–Trinajstić information content (AvgIpc) is 2.02. The molecule has 0 saturated carbocycles. The van der Waals surface area contributed by atoms with Gasteiger partial charge in [-0.2, -0.15) is 0 Å². The van der Waals surface area contributed by atoms with Crippen molar-refractivity contribution in [2.75, 3.05) is 0 Å². The molecule has 0 unspecified atom stereocenters. The molecule has 4 nitrogen and oxygen atoms in total. The van der Waals surface area contributed by atoms with Crippen molar-refractivity contribution in [3.8, 4) is 0 Å². The first kappa shape index (κ1) is 11.7. The van der Waals surface area contributed by atoms with Gasteiger partial charge in [0.2, 0.25) is 5.91 Å². The molecule has 4 heteroatoms. The first-order chi connectivity index (χ1) is 6.07. The van der Waals surface area contributed by atoms with Gasteiger partial charge >= 0.3 is 5.97 Å². The second kappa shape index (κ2) is 6.22. The quantitative estimate of drug-likeness (QED) is 0.479. The van der Waals surface area contributed by atoms with E-state index < -0.39 is 11.9 Å². The number of primary amides is 1. The summed E-state index contributed by atoms with van der Waals surface area (Å²) < 4.78 is 0. The Morgan fingerprint density at radius 1 is 1.38 bits per heavy atom. The Morgan fingerprint density at radius 3 is 2.38 bits per heavy atom. The van der Waals surface area contributed by atoms with E-state index in [9.17, 15) is 9.59 Å². The molecule has 0 spiro atoms. The molecule has 0 fully saturated rings. The maximum Gasteiger partial charge on any atom is 0.328 e. The van der Waals surface area contributed by atoms with E-state index in [0.717, 1.165) is 25.3 Å². The summed E-state index contributed by atoms with van der Waals surface area (Å²) >= 11 is 0. The van der Waals surface area contributed by atoms with Crippen molar-refractivity contribution in [2.45, 2.75) is 32.6 Å². The highest BCUT2D eigenvalue weighted by atomic mass is 16.4. The molecule has 0 aliphatic heterocycles. The minimum atomic E-state index is -1.12. The molecule has 0 saturated heterocycles. The Balaban J connectivity index is 4.11. The van der Waals surface area contributed by atoms with Crippen LogP contribution < -0.4 is 5.73 Å². The zero-order valence-electron chi connectivity index (χ0n) is 7.75. The SMILES string of the molecule is CCCCC/C(=C\C(=O)O)C(N)=O. The lowest BCUT2D eigenvalue weighted by Crippen LogP contribution is -2.15. The van der Waals surface area contributed by atoms with E-state index in [2.05, 4.69) is 0 Å². The molecular formula is C9H15NO3. The molecule has 13 heavy (non-hydrogen) atoms. The minimum Gasteiger partial charge on any atom is -0.478 e. The van der Waals surface area contributed by atoms with Crippen molar-refractivity contribution in [3.05, 3.63) is 11.6 Å². The minimum absolute atomic E-state index is 0.195. The molecule has 1 amide bonds. The number of hydrogen-bond donors (Lipinski definition) is 2. The van der Waals surface area contributed by atoms with Gasteiger partial charge in [0.05, 0.1) is 0 Å². The summed E-state index contributed by atoms with van der Waals surface area (Å²) in [5.74, 6) is -1.76. The van der Waals surface area contributed by atoms with Gasteiger partial charge in [0, 0.05) is 11.6 Å². The van der Waals surface area contributed by atoms with Gasteiger partial charge in [0.15, 0.2) is 0 Å². The summed E-state index contributed by atoms with van der Waals surface area (Å²) in [5.41, 5.74) is 5.19. The number of carbonyl (C=O) groups is 2. The van der Waals surface area contributed by atoms with Gasteiger partial charge in [-0.25, -0.2) is 4.79 Å². The van der Waals surface area contributed by atoms with E-state index in [1.807, 2.05) is 6.92 Å². The van der Waals surface area contributed by atoms with Gasteiger partial charge in [0.1, 0.15) is 0 Å². The number of carboxylic acid groups (broad SMARTS) is 1. The zero-order chi connectivity index (χ0) is 10.3. The topological polar surface area (TPSA) is 80.4 Å². The molecule has 0 aromatic rings. The van der Waals surface area contributed by atoms with Crippen LogP contribution in [0.5, 0.6) is 0 Å². The summed E-state index contributed by atoms with van der Waals surface area (Å²) in [6, 6.07) is 0. The second-order valence-corrected chi connectivity index (χ2v) is 2.83. The van der Waals surface area contributed by atoms with Crippen molar-refractivity contribution < 1.29 is 14.7 Å². The number of unbranched alkanes of at least 4 members (excludes halogenated alkanes) is 2. The van der Waals surface area contributed by atoms with Crippen LogP contribution in [0, 0.1) is 0 Å². The summed E-state index contributed by atoms with van der Waals surface area (Å²) in [5, 5.41) is 8.41. The molecule has 0 aliphatic carbocycles. The summed E-state index contributed by atoms with van der Waals surface area (Å²) in [6.45, 7) is 2.03. The van der Waals surface area contributed by atoms with E-state index >= 15 is 0 Å². The summed E-state index contributed by atoms with van der Waals surface area (Å²) in [4.78, 5) is 21.0. The van der Waals surface area contributed by atoms with Gasteiger partial charge in [-0.1, -0.05) is 19.8 Å². The van der Waals surface area contributed by atoms with E-state index in [-0.39, 0.29) is 5.57 Å². The molecular weight excluding hydrogens is 170 g/mol. The van der Waals surface area contributed by atoms with Crippen LogP contribution in [-0.4, -0.2) is 17.0 Å². The molecule has 3 N–H and O–H groups in total. The predicted octanol–water partition coefficient (Wildman–Crippen LogP) is 1.06. The third-order valence-electron chi connectivity index (χ3n) is 1.66. The Morgan fingerprint density at radius 2 is 2.00 bits per heavy atom. The molecule has 0 aromatic carbocycles. The maximum atomic E-state index is 10.7. The van der Waals surface area contributed by atoms with Crippen molar-refractivity contribution in [3.63, 3.8) is 0 Å². The van der Waals surface area contributed by atoms with E-state index in [1.165, 1.54) is 0 Å². The fraction of sp³-hybridized carbons (Fsp3) is 0.556. The predicted molar refractivity (Wildman–Crippen MR) is 49.1 cm³/mol. The standard InChI is InChI=1S/C9H15NO3/c1-2-3-4-5-7(9(10)13)6-8(11)12/h6H,2-5H2,1H3,(H2,10,13)(H,11,12)/b7-6+. The average molecular weight is 185 g/mol. The smallest absolute Gasteiger partial charge is 0.328 e. The zero-order valence-corrected chi connectivity index (χ0v) is 7.75. The van der Waals surface area contributed by atoms with Crippen molar-refractivity contribution in [2.24, 2.45) is 5.73 Å². The molecule has 0 aromatic heterocycles. The number of carboxylic acids is 1.